The molecule has 1 saturated heterocycles. The fraction of sp³-hybridized carbons (Fsp3) is 0.292. The minimum Gasteiger partial charge on any atom is -0.311 e. The van der Waals surface area contributed by atoms with Gasteiger partial charge in [0.25, 0.3) is 5.56 Å². The van der Waals surface area contributed by atoms with Crippen molar-refractivity contribution >= 4 is 35.1 Å². The number of benzene rings is 1. The molecule has 2 atom stereocenters. The van der Waals surface area contributed by atoms with Crippen molar-refractivity contribution in [2.75, 3.05) is 13.1 Å². The van der Waals surface area contributed by atoms with Crippen LogP contribution in [0.4, 0.5) is 0 Å². The molecule has 4 heterocycles. The van der Waals surface area contributed by atoms with Gasteiger partial charge in [-0.15, -0.1) is 11.3 Å². The number of nitrogens with zero attached hydrogens (tertiary/aromatic N) is 2. The lowest BCUT2D eigenvalue weighted by Crippen LogP contribution is -2.47. The van der Waals surface area contributed by atoms with Crippen molar-refractivity contribution in [1.29, 1.82) is 0 Å². The van der Waals surface area contributed by atoms with Crippen LogP contribution in [0.5, 0.6) is 0 Å². The number of thiophene rings is 1. The van der Waals surface area contributed by atoms with Crippen LogP contribution >= 0.6 is 22.9 Å². The zero-order valence-electron chi connectivity index (χ0n) is 16.1. The van der Waals surface area contributed by atoms with Crippen molar-refractivity contribution < 1.29 is 0 Å². The van der Waals surface area contributed by atoms with E-state index in [1.54, 1.807) is 6.07 Å². The minimum atomic E-state index is 0.130. The number of likely N-dealkylation sites (tertiary alicyclic amines) is 1. The molecule has 1 fully saturated rings. The Morgan fingerprint density at radius 1 is 1.03 bits per heavy atom. The first-order valence-corrected chi connectivity index (χ1v) is 11.3. The second-order valence-corrected chi connectivity index (χ2v) is 9.55. The summed E-state index contributed by atoms with van der Waals surface area (Å²) in [5.41, 5.74) is 3.59. The number of halogens is 1. The fourth-order valence-corrected chi connectivity index (χ4v) is 5.67. The molecule has 0 amide bonds. The third-order valence-electron chi connectivity index (χ3n) is 5.98. The molecule has 5 heteroatoms. The molecule has 2 aliphatic rings. The average Bonchev–Trinajstić information content (AvgIpc) is 3.22. The van der Waals surface area contributed by atoms with Gasteiger partial charge in [-0.3, -0.25) is 9.69 Å². The van der Waals surface area contributed by atoms with Crippen molar-refractivity contribution in [3.05, 3.63) is 91.0 Å². The quantitative estimate of drug-likeness (QED) is 0.566. The van der Waals surface area contributed by atoms with E-state index in [1.165, 1.54) is 17.0 Å². The minimum absolute atomic E-state index is 0.130. The van der Waals surface area contributed by atoms with Crippen LogP contribution in [-0.4, -0.2) is 22.6 Å². The Bertz CT molecular complexity index is 1090. The van der Waals surface area contributed by atoms with E-state index in [-0.39, 0.29) is 5.56 Å². The summed E-state index contributed by atoms with van der Waals surface area (Å²) >= 11 is 7.82. The molecule has 148 valence electrons. The monoisotopic (exact) mass is 422 g/mol. The van der Waals surface area contributed by atoms with Gasteiger partial charge in [0.2, 0.25) is 0 Å². The first-order valence-electron chi connectivity index (χ1n) is 10.1. The Morgan fingerprint density at radius 3 is 2.69 bits per heavy atom. The van der Waals surface area contributed by atoms with Crippen LogP contribution in [0.2, 0.25) is 5.02 Å². The predicted molar refractivity (Wildman–Crippen MR) is 122 cm³/mol. The van der Waals surface area contributed by atoms with Gasteiger partial charge in [0.1, 0.15) is 0 Å². The van der Waals surface area contributed by atoms with E-state index < -0.39 is 0 Å². The fourth-order valence-electron chi connectivity index (χ4n) is 4.80. The molecule has 0 aliphatic carbocycles. The van der Waals surface area contributed by atoms with Gasteiger partial charge in [-0.2, -0.15) is 0 Å². The molecule has 2 aliphatic heterocycles. The first kappa shape index (κ1) is 18.9. The van der Waals surface area contributed by atoms with Gasteiger partial charge in [0.15, 0.2) is 0 Å². The van der Waals surface area contributed by atoms with Crippen LogP contribution in [0.25, 0.3) is 12.2 Å². The highest BCUT2D eigenvalue weighted by atomic mass is 35.5. The highest BCUT2D eigenvalue weighted by molar-refractivity contribution is 7.09. The maximum absolute atomic E-state index is 12.6. The van der Waals surface area contributed by atoms with Crippen LogP contribution in [0.15, 0.2) is 58.7 Å². The molecule has 3 aromatic rings. The van der Waals surface area contributed by atoms with Gasteiger partial charge >= 0.3 is 0 Å². The van der Waals surface area contributed by atoms with E-state index in [2.05, 4.69) is 34.6 Å². The smallest absolute Gasteiger partial charge is 0.250 e. The topological polar surface area (TPSA) is 25.2 Å². The molecule has 0 N–H and O–H groups in total. The Morgan fingerprint density at radius 2 is 1.90 bits per heavy atom. The summed E-state index contributed by atoms with van der Waals surface area (Å²) < 4.78 is 2.03. The lowest BCUT2D eigenvalue weighted by molar-refractivity contribution is 0.115. The third kappa shape index (κ3) is 3.97. The van der Waals surface area contributed by atoms with E-state index in [0.717, 1.165) is 42.3 Å². The lowest BCUT2D eigenvalue weighted by Gasteiger charge is -2.43. The van der Waals surface area contributed by atoms with Crippen molar-refractivity contribution in [3.63, 3.8) is 0 Å². The number of hydrogen-bond acceptors (Lipinski definition) is 3. The van der Waals surface area contributed by atoms with E-state index in [9.17, 15) is 4.79 Å². The number of fused-ring (bicyclic) bond motifs is 4. The molecule has 5 rings (SSSR count). The van der Waals surface area contributed by atoms with Crippen LogP contribution in [-0.2, 0) is 13.1 Å². The first-order chi connectivity index (χ1) is 14.2. The number of pyridine rings is 1. The number of rotatable bonds is 4. The molecule has 0 radical (unpaired) electrons. The number of aromatic nitrogens is 1. The Hall–Kier alpha value is -2.14. The summed E-state index contributed by atoms with van der Waals surface area (Å²) in [5, 5.41) is 2.89. The highest BCUT2D eigenvalue weighted by Gasteiger charge is 2.35. The molecular weight excluding hydrogens is 400 g/mol. The van der Waals surface area contributed by atoms with Gasteiger partial charge in [-0.25, -0.2) is 0 Å². The summed E-state index contributed by atoms with van der Waals surface area (Å²) in [6, 6.07) is 15.9. The standard InChI is InChI=1S/C24H23ClN2OS/c25-21-8-4-17(5-9-21)3-6-19-7-10-23(28)27-14-18-12-20(24(19)27)15-26(13-18)16-22-2-1-11-29-22/h1-11,18,20H,12-16H2/b6-3+/t18-,20+/m0/s1. The van der Waals surface area contributed by atoms with Crippen molar-refractivity contribution in [2.45, 2.75) is 25.4 Å². The Balaban J connectivity index is 1.45. The number of piperidine rings is 1. The van der Waals surface area contributed by atoms with Gasteiger partial charge in [0.05, 0.1) is 0 Å². The van der Waals surface area contributed by atoms with Gasteiger partial charge < -0.3 is 4.57 Å². The normalized spacial score (nSPS) is 21.4. The van der Waals surface area contributed by atoms with Gasteiger partial charge in [0, 0.05) is 53.8 Å². The van der Waals surface area contributed by atoms with E-state index in [4.69, 9.17) is 11.6 Å². The molecule has 0 spiro atoms. The van der Waals surface area contributed by atoms with E-state index in [1.807, 2.05) is 46.2 Å². The van der Waals surface area contributed by atoms with Crippen LogP contribution in [0, 0.1) is 5.92 Å². The SMILES string of the molecule is O=c1ccc(/C=C/c2ccc(Cl)cc2)c2n1C[C@H]1C[C@@H]2CN(Cc2cccs2)C1. The average molecular weight is 423 g/mol. The van der Waals surface area contributed by atoms with Crippen LogP contribution in [0.3, 0.4) is 0 Å². The third-order valence-corrected chi connectivity index (χ3v) is 7.10. The van der Waals surface area contributed by atoms with E-state index in [0.29, 0.717) is 11.8 Å². The van der Waals surface area contributed by atoms with Gasteiger partial charge in [-0.05, 0) is 53.1 Å². The predicted octanol–water partition coefficient (Wildman–Crippen LogP) is 5.35. The maximum Gasteiger partial charge on any atom is 0.250 e. The summed E-state index contributed by atoms with van der Waals surface area (Å²) in [6.07, 6.45) is 5.43. The molecule has 0 unspecified atom stereocenters. The number of hydrogen-bond donors (Lipinski definition) is 0. The summed E-state index contributed by atoms with van der Waals surface area (Å²) in [4.78, 5) is 16.6. The molecular formula is C24H23ClN2OS. The molecule has 0 saturated carbocycles. The summed E-state index contributed by atoms with van der Waals surface area (Å²) in [6.45, 7) is 3.93. The molecule has 2 bridgehead atoms. The summed E-state index contributed by atoms with van der Waals surface area (Å²) in [5.74, 6) is 0.954. The van der Waals surface area contributed by atoms with Crippen molar-refractivity contribution in [1.82, 2.24) is 9.47 Å². The highest BCUT2D eigenvalue weighted by Crippen LogP contribution is 2.38. The zero-order chi connectivity index (χ0) is 19.8. The molecule has 3 nitrogen and oxygen atoms in total. The molecule has 29 heavy (non-hydrogen) atoms. The molecule has 1 aromatic carbocycles. The maximum atomic E-state index is 12.6. The van der Waals surface area contributed by atoms with Crippen molar-refractivity contribution in [2.24, 2.45) is 5.92 Å². The Kier molecular flexibility index (Phi) is 5.17. The second kappa shape index (κ2) is 7.94. The summed E-state index contributed by atoms with van der Waals surface area (Å²) in [7, 11) is 0. The zero-order valence-corrected chi connectivity index (χ0v) is 17.7. The van der Waals surface area contributed by atoms with Gasteiger partial charge in [-0.1, -0.05) is 42.0 Å². The second-order valence-electron chi connectivity index (χ2n) is 8.08. The Labute approximate surface area is 179 Å². The lowest BCUT2D eigenvalue weighted by atomic mass is 9.81. The molecule has 2 aromatic heterocycles. The van der Waals surface area contributed by atoms with E-state index >= 15 is 0 Å². The van der Waals surface area contributed by atoms with Crippen molar-refractivity contribution in [3.8, 4) is 0 Å². The van der Waals surface area contributed by atoms with Crippen LogP contribution < -0.4 is 5.56 Å². The largest absolute Gasteiger partial charge is 0.311 e. The van der Waals surface area contributed by atoms with Crippen LogP contribution in [0.1, 0.15) is 34.0 Å².